The van der Waals surface area contributed by atoms with Gasteiger partial charge in [-0.15, -0.1) is 11.3 Å². The number of halogens is 3. The van der Waals surface area contributed by atoms with Gasteiger partial charge in [0, 0.05) is 20.1 Å². The lowest BCUT2D eigenvalue weighted by Gasteiger charge is -2.22. The number of alkyl halides is 3. The second kappa shape index (κ2) is 10.8. The van der Waals surface area contributed by atoms with Gasteiger partial charge in [-0.3, -0.25) is 4.68 Å². The first-order chi connectivity index (χ1) is 17.1. The van der Waals surface area contributed by atoms with Crippen molar-refractivity contribution in [1.82, 2.24) is 14.1 Å². The van der Waals surface area contributed by atoms with Gasteiger partial charge in [-0.25, -0.2) is 13.2 Å². The molecule has 3 rings (SSSR count). The van der Waals surface area contributed by atoms with Crippen LogP contribution >= 0.6 is 11.3 Å². The largest absolute Gasteiger partial charge is 0.478 e. The molecule has 37 heavy (non-hydrogen) atoms. The zero-order valence-electron chi connectivity index (χ0n) is 20.7. The topological polar surface area (TPSA) is 102 Å². The number of hydrogen-bond acceptors (Lipinski definition) is 6. The third-order valence-corrected chi connectivity index (χ3v) is 9.01. The molecule has 0 bridgehead atoms. The minimum Gasteiger partial charge on any atom is -0.478 e. The average Bonchev–Trinajstić information content (AvgIpc) is 3.44. The van der Waals surface area contributed by atoms with Crippen LogP contribution in [0.4, 0.5) is 13.2 Å². The summed E-state index contributed by atoms with van der Waals surface area (Å²) >= 11 is 0.874. The van der Waals surface area contributed by atoms with Gasteiger partial charge in [0.2, 0.25) is 0 Å². The molecular formula is C24H28F3N3O5S2. The summed E-state index contributed by atoms with van der Waals surface area (Å²) in [6.07, 6.45) is -3.60. The number of benzene rings is 1. The number of hydrogen-bond donors (Lipinski definition) is 1. The molecule has 0 amide bonds. The summed E-state index contributed by atoms with van der Waals surface area (Å²) in [4.78, 5) is 11.6. The Morgan fingerprint density at radius 2 is 1.78 bits per heavy atom. The van der Waals surface area contributed by atoms with Gasteiger partial charge >= 0.3 is 12.1 Å². The Morgan fingerprint density at radius 3 is 2.32 bits per heavy atom. The summed E-state index contributed by atoms with van der Waals surface area (Å²) in [5, 5.41) is 13.1. The van der Waals surface area contributed by atoms with Gasteiger partial charge in [-0.1, -0.05) is 19.1 Å². The van der Waals surface area contributed by atoms with Crippen molar-refractivity contribution in [2.24, 2.45) is 7.05 Å². The van der Waals surface area contributed by atoms with Crippen LogP contribution in [-0.4, -0.2) is 52.3 Å². The van der Waals surface area contributed by atoms with Gasteiger partial charge in [-0.05, 0) is 62.6 Å². The first-order valence-electron chi connectivity index (χ1n) is 11.4. The van der Waals surface area contributed by atoms with E-state index >= 15 is 0 Å². The summed E-state index contributed by atoms with van der Waals surface area (Å²) in [7, 11) is -2.70. The smallest absolute Gasteiger partial charge is 0.433 e. The zero-order chi connectivity index (χ0) is 27.6. The molecule has 2 heterocycles. The number of ether oxygens (including phenoxy) is 1. The van der Waals surface area contributed by atoms with E-state index in [2.05, 4.69) is 5.10 Å². The molecule has 0 fully saturated rings. The fourth-order valence-corrected chi connectivity index (χ4v) is 6.44. The normalized spacial score (nSPS) is 12.8. The Labute approximate surface area is 217 Å². The third kappa shape index (κ3) is 6.70. The zero-order valence-corrected chi connectivity index (χ0v) is 22.4. The van der Waals surface area contributed by atoms with E-state index in [1.165, 1.54) is 37.3 Å². The first-order valence-corrected chi connectivity index (χ1v) is 13.6. The standard InChI is InChI=1S/C24H28F3N3O5S2/c1-5-13-30(14-12-16-6-8-17(9-7-16)35-23(2,3)22(31)32)37(33,34)21-11-10-19(36-21)18-15-20(24(25,26)27)29(4)28-18/h6-11,15H,5,12-14H2,1-4H3,(H,31,32). The van der Waals surface area contributed by atoms with Crippen molar-refractivity contribution in [3.8, 4) is 16.3 Å². The van der Waals surface area contributed by atoms with Crippen molar-refractivity contribution >= 4 is 27.3 Å². The summed E-state index contributed by atoms with van der Waals surface area (Å²) in [5.41, 5.74) is -1.43. The van der Waals surface area contributed by atoms with Crippen LogP contribution in [0.2, 0.25) is 0 Å². The molecule has 2 aromatic heterocycles. The molecule has 0 aliphatic rings. The van der Waals surface area contributed by atoms with Crippen LogP contribution in [0.15, 0.2) is 46.7 Å². The number of rotatable bonds is 11. The summed E-state index contributed by atoms with van der Waals surface area (Å²) in [6.45, 7) is 5.19. The predicted octanol–water partition coefficient (Wildman–Crippen LogP) is 5.05. The highest BCUT2D eigenvalue weighted by Gasteiger charge is 2.35. The monoisotopic (exact) mass is 559 g/mol. The molecule has 0 aliphatic heterocycles. The Morgan fingerprint density at radius 1 is 1.14 bits per heavy atom. The third-order valence-electron chi connectivity index (χ3n) is 5.53. The van der Waals surface area contributed by atoms with Gasteiger partial charge in [0.25, 0.3) is 10.0 Å². The van der Waals surface area contributed by atoms with Crippen molar-refractivity contribution in [3.63, 3.8) is 0 Å². The van der Waals surface area contributed by atoms with Crippen LogP contribution < -0.4 is 4.74 Å². The highest BCUT2D eigenvalue weighted by molar-refractivity contribution is 7.91. The molecule has 1 N–H and O–H groups in total. The second-order valence-electron chi connectivity index (χ2n) is 8.87. The predicted molar refractivity (Wildman–Crippen MR) is 133 cm³/mol. The molecule has 0 saturated carbocycles. The summed E-state index contributed by atoms with van der Waals surface area (Å²) in [5.74, 6) is -0.721. The lowest BCUT2D eigenvalue weighted by molar-refractivity contribution is -0.152. The molecule has 0 radical (unpaired) electrons. The highest BCUT2D eigenvalue weighted by Crippen LogP contribution is 2.36. The first kappa shape index (κ1) is 28.7. The van der Waals surface area contributed by atoms with E-state index in [1.54, 1.807) is 24.3 Å². The Balaban J connectivity index is 1.74. The number of aliphatic carboxylic acids is 1. The number of carbonyl (C=O) groups is 1. The van der Waals surface area contributed by atoms with Crippen LogP contribution in [0.1, 0.15) is 38.4 Å². The maximum Gasteiger partial charge on any atom is 0.433 e. The lowest BCUT2D eigenvalue weighted by Crippen LogP contribution is -2.37. The van der Waals surface area contributed by atoms with Crippen LogP contribution in [0.25, 0.3) is 10.6 Å². The maximum absolute atomic E-state index is 13.3. The molecule has 0 spiro atoms. The molecular weight excluding hydrogens is 531 g/mol. The molecule has 8 nitrogen and oxygen atoms in total. The van der Waals surface area contributed by atoms with E-state index in [0.717, 1.165) is 27.6 Å². The van der Waals surface area contributed by atoms with E-state index in [4.69, 9.17) is 4.74 Å². The molecule has 13 heteroatoms. The lowest BCUT2D eigenvalue weighted by atomic mass is 10.1. The molecule has 202 valence electrons. The molecule has 0 unspecified atom stereocenters. The van der Waals surface area contributed by atoms with Crippen molar-refractivity contribution in [3.05, 3.63) is 53.7 Å². The average molecular weight is 560 g/mol. The molecule has 0 aliphatic carbocycles. The minimum absolute atomic E-state index is 0.0230. The summed E-state index contributed by atoms with van der Waals surface area (Å²) < 4.78 is 73.7. The van der Waals surface area contributed by atoms with Gasteiger partial charge in [0.1, 0.15) is 21.3 Å². The van der Waals surface area contributed by atoms with Crippen LogP contribution in [0.3, 0.4) is 0 Å². The van der Waals surface area contributed by atoms with Crippen molar-refractivity contribution in [2.45, 2.75) is 49.6 Å². The second-order valence-corrected chi connectivity index (χ2v) is 12.1. The van der Waals surface area contributed by atoms with Crippen molar-refractivity contribution in [2.75, 3.05) is 13.1 Å². The fraction of sp³-hybridized carbons (Fsp3) is 0.417. The van der Waals surface area contributed by atoms with Crippen LogP contribution in [0.5, 0.6) is 5.75 Å². The number of nitrogens with zero attached hydrogens (tertiary/aromatic N) is 3. The van der Waals surface area contributed by atoms with Crippen LogP contribution in [0, 0.1) is 0 Å². The SMILES string of the molecule is CCCN(CCc1ccc(OC(C)(C)C(=O)O)cc1)S(=O)(=O)c1ccc(-c2cc(C(F)(F)F)n(C)n2)s1. The van der Waals surface area contributed by atoms with Gasteiger partial charge in [-0.2, -0.15) is 22.6 Å². The fourth-order valence-electron chi connectivity index (χ4n) is 3.49. The van der Waals surface area contributed by atoms with Crippen molar-refractivity contribution < 1.29 is 36.2 Å². The van der Waals surface area contributed by atoms with Gasteiger partial charge in [0.15, 0.2) is 5.60 Å². The molecule has 0 saturated heterocycles. The number of thiophene rings is 1. The van der Waals surface area contributed by atoms with Gasteiger partial charge in [0.05, 0.1) is 4.88 Å². The minimum atomic E-state index is -4.57. The number of aryl methyl sites for hydroxylation is 1. The van der Waals surface area contributed by atoms with Gasteiger partial charge < -0.3 is 9.84 Å². The maximum atomic E-state index is 13.3. The Hall–Kier alpha value is -2.90. The number of aromatic nitrogens is 2. The Kier molecular flexibility index (Phi) is 8.40. The molecule has 0 atom stereocenters. The molecule has 1 aromatic carbocycles. The number of sulfonamides is 1. The van der Waals surface area contributed by atoms with E-state index in [1.807, 2.05) is 6.92 Å². The molecule has 3 aromatic rings. The highest BCUT2D eigenvalue weighted by atomic mass is 32.2. The van der Waals surface area contributed by atoms with Crippen LogP contribution in [-0.2, 0) is 34.5 Å². The van der Waals surface area contributed by atoms with E-state index in [0.29, 0.717) is 23.5 Å². The van der Waals surface area contributed by atoms with E-state index < -0.39 is 33.5 Å². The quantitative estimate of drug-likeness (QED) is 0.353. The number of carboxylic acid groups (broad SMARTS) is 1. The number of carboxylic acids is 1. The van der Waals surface area contributed by atoms with E-state index in [-0.39, 0.29) is 23.0 Å². The van der Waals surface area contributed by atoms with Crippen molar-refractivity contribution in [1.29, 1.82) is 0 Å². The summed E-state index contributed by atoms with van der Waals surface area (Å²) in [6, 6.07) is 10.5. The Bertz CT molecular complexity index is 1350. The van der Waals surface area contributed by atoms with E-state index in [9.17, 15) is 31.5 Å².